The highest BCUT2D eigenvalue weighted by atomic mass is 35.5. The molecule has 1 aromatic heterocycles. The number of fused-ring (bicyclic) bond motifs is 3. The van der Waals surface area contributed by atoms with Crippen LogP contribution in [0.2, 0.25) is 0 Å². The normalized spacial score (nSPS) is 28.7. The zero-order chi connectivity index (χ0) is 22.3. The summed E-state index contributed by atoms with van der Waals surface area (Å²) in [5, 5.41) is 8.35. The number of rotatable bonds is 3. The van der Waals surface area contributed by atoms with E-state index >= 15 is 0 Å². The highest BCUT2D eigenvalue weighted by Crippen LogP contribution is 2.40. The Kier molecular flexibility index (Phi) is 5.99. The molecule has 32 heavy (non-hydrogen) atoms. The van der Waals surface area contributed by atoms with Crippen LogP contribution in [0.4, 0.5) is 0 Å². The van der Waals surface area contributed by atoms with Gasteiger partial charge in [0, 0.05) is 51.5 Å². The van der Waals surface area contributed by atoms with Gasteiger partial charge in [0.1, 0.15) is 11.6 Å². The summed E-state index contributed by atoms with van der Waals surface area (Å²) < 4.78 is 7.87. The molecule has 2 aliphatic heterocycles. The third kappa shape index (κ3) is 4.06. The molecule has 8 heteroatoms. The Morgan fingerprint density at radius 3 is 2.50 bits per heavy atom. The molecule has 2 aromatic rings. The largest absolute Gasteiger partial charge is 0.362 e. The van der Waals surface area contributed by atoms with Crippen LogP contribution < -0.4 is 0 Å². The first kappa shape index (κ1) is 21.9. The second-order valence-corrected chi connectivity index (χ2v) is 10.2. The molecule has 1 atom stereocenters. The first-order valence-electron chi connectivity index (χ1n) is 11.7. The van der Waals surface area contributed by atoms with E-state index in [1.807, 2.05) is 12.1 Å². The molecule has 172 valence electrons. The molecule has 2 fully saturated rings. The second kappa shape index (κ2) is 8.76. The highest BCUT2D eigenvalue weighted by molar-refractivity contribution is 6.23. The number of carbonyl (C=O) groups is 1. The van der Waals surface area contributed by atoms with Crippen molar-refractivity contribution in [3.63, 3.8) is 0 Å². The van der Waals surface area contributed by atoms with E-state index in [0.29, 0.717) is 24.7 Å². The van der Waals surface area contributed by atoms with E-state index in [2.05, 4.69) is 43.7 Å². The predicted octanol–water partition coefficient (Wildman–Crippen LogP) is 3.00. The molecule has 3 aliphatic rings. The van der Waals surface area contributed by atoms with E-state index in [1.165, 1.54) is 0 Å². The molecule has 1 saturated carbocycles. The van der Waals surface area contributed by atoms with Crippen LogP contribution in [0, 0.1) is 5.92 Å². The number of benzene rings is 1. The third-order valence-electron chi connectivity index (χ3n) is 7.49. The molecule has 0 bridgehead atoms. The van der Waals surface area contributed by atoms with Crippen molar-refractivity contribution in [3.8, 4) is 5.69 Å². The van der Waals surface area contributed by atoms with Gasteiger partial charge in [-0.05, 0) is 44.4 Å². The maximum absolute atomic E-state index is 13.0. The van der Waals surface area contributed by atoms with Gasteiger partial charge in [-0.1, -0.05) is 29.8 Å². The summed E-state index contributed by atoms with van der Waals surface area (Å²) in [6.07, 6.45) is 4.87. The number of alkyl halides is 1. The van der Waals surface area contributed by atoms with E-state index in [1.54, 1.807) is 7.11 Å². The summed E-state index contributed by atoms with van der Waals surface area (Å²) in [5.41, 5.74) is 2.24. The monoisotopic (exact) mass is 457 g/mol. The summed E-state index contributed by atoms with van der Waals surface area (Å²) in [6.45, 7) is 3.64. The average molecular weight is 458 g/mol. The maximum Gasteiger partial charge on any atom is 0.225 e. The van der Waals surface area contributed by atoms with Gasteiger partial charge in [-0.2, -0.15) is 0 Å². The predicted molar refractivity (Wildman–Crippen MR) is 123 cm³/mol. The fourth-order valence-electron chi connectivity index (χ4n) is 5.46. The van der Waals surface area contributed by atoms with Crippen LogP contribution in [0.5, 0.6) is 0 Å². The van der Waals surface area contributed by atoms with Crippen LogP contribution >= 0.6 is 11.6 Å². The van der Waals surface area contributed by atoms with Gasteiger partial charge in [-0.3, -0.25) is 9.36 Å². The van der Waals surface area contributed by atoms with E-state index in [4.69, 9.17) is 16.3 Å². The number of aromatic nitrogens is 3. The van der Waals surface area contributed by atoms with Gasteiger partial charge in [-0.15, -0.1) is 10.2 Å². The first-order valence-corrected chi connectivity index (χ1v) is 12.1. The van der Waals surface area contributed by atoms with Crippen LogP contribution in [0.25, 0.3) is 5.69 Å². The van der Waals surface area contributed by atoms with Crippen LogP contribution in [0.15, 0.2) is 24.3 Å². The Hall–Kier alpha value is -1.96. The molecule has 3 heterocycles. The van der Waals surface area contributed by atoms with Gasteiger partial charge >= 0.3 is 0 Å². The number of hydrogen-bond acceptors (Lipinski definition) is 5. The van der Waals surface area contributed by atoms with Crippen molar-refractivity contribution in [1.29, 1.82) is 0 Å². The minimum atomic E-state index is -0.818. The summed E-state index contributed by atoms with van der Waals surface area (Å²) in [7, 11) is 3.77. The molecule has 1 unspecified atom stereocenters. The lowest BCUT2D eigenvalue weighted by Crippen LogP contribution is -2.49. The van der Waals surface area contributed by atoms with Gasteiger partial charge in [0.25, 0.3) is 0 Å². The number of methoxy groups -OCH3 is 1. The number of carbonyl (C=O) groups excluding carboxylic acids is 1. The SMILES string of the molecule is COC1(Cl)Cc2ccccc2-n2c(nnc2[C@H]2CC[C@H](C(=O)N3CCN(C)CC3)CC2)C1. The standard InChI is InChI=1S/C24H32ClN5O2/c1-28-11-13-29(14-12-28)23(31)18-9-7-17(8-10-18)22-27-26-21-16-24(25,32-2)15-19-5-3-4-6-20(19)30(21)22/h3-6,17-18H,7-16H2,1-2H3/t17-,18-,24?. The average Bonchev–Trinajstić information content (AvgIpc) is 3.16. The third-order valence-corrected chi connectivity index (χ3v) is 7.91. The molecule has 1 aromatic carbocycles. The number of nitrogens with zero attached hydrogens (tertiary/aromatic N) is 5. The van der Waals surface area contributed by atoms with Gasteiger partial charge in [0.05, 0.1) is 12.1 Å². The quantitative estimate of drug-likeness (QED) is 0.663. The van der Waals surface area contributed by atoms with E-state index < -0.39 is 5.06 Å². The molecule has 5 rings (SSSR count). The van der Waals surface area contributed by atoms with Gasteiger partial charge in [-0.25, -0.2) is 0 Å². The number of hydrogen-bond donors (Lipinski definition) is 0. The van der Waals surface area contributed by atoms with Crippen LogP contribution in [0.1, 0.15) is 48.8 Å². The number of amides is 1. The Balaban J connectivity index is 1.35. The molecule has 1 aliphatic carbocycles. The Morgan fingerprint density at radius 2 is 1.78 bits per heavy atom. The summed E-state index contributed by atoms with van der Waals surface area (Å²) in [6, 6.07) is 8.31. The molecular weight excluding hydrogens is 426 g/mol. The molecule has 1 amide bonds. The lowest BCUT2D eigenvalue weighted by molar-refractivity contribution is -0.138. The van der Waals surface area contributed by atoms with Crippen molar-refractivity contribution >= 4 is 17.5 Å². The molecule has 0 spiro atoms. The van der Waals surface area contributed by atoms with Gasteiger partial charge in [0.2, 0.25) is 5.91 Å². The zero-order valence-corrected chi connectivity index (χ0v) is 19.7. The number of ether oxygens (including phenoxy) is 1. The van der Waals surface area contributed by atoms with Crippen LogP contribution in [-0.2, 0) is 22.4 Å². The van der Waals surface area contributed by atoms with Crippen LogP contribution in [-0.4, -0.2) is 75.9 Å². The number of halogens is 1. The van der Waals surface area contributed by atoms with E-state index in [9.17, 15) is 4.79 Å². The molecule has 0 radical (unpaired) electrons. The first-order chi connectivity index (χ1) is 15.5. The maximum atomic E-state index is 13.0. The second-order valence-electron chi connectivity index (χ2n) is 9.56. The topological polar surface area (TPSA) is 63.5 Å². The van der Waals surface area contributed by atoms with Crippen molar-refractivity contribution in [1.82, 2.24) is 24.6 Å². The molecule has 0 N–H and O–H groups in total. The Bertz CT molecular complexity index is 979. The smallest absolute Gasteiger partial charge is 0.225 e. The fraction of sp³-hybridized carbons (Fsp3) is 0.625. The summed E-state index contributed by atoms with van der Waals surface area (Å²) in [5.74, 6) is 2.62. The zero-order valence-electron chi connectivity index (χ0n) is 19.0. The van der Waals surface area contributed by atoms with Crippen molar-refractivity contribution in [2.45, 2.75) is 49.5 Å². The minimum Gasteiger partial charge on any atom is -0.362 e. The molecule has 1 saturated heterocycles. The van der Waals surface area contributed by atoms with Crippen molar-refractivity contribution in [2.75, 3.05) is 40.3 Å². The lowest BCUT2D eigenvalue weighted by atomic mass is 9.80. The Labute approximate surface area is 194 Å². The number of para-hydroxylation sites is 1. The van der Waals surface area contributed by atoms with Crippen molar-refractivity contribution in [3.05, 3.63) is 41.5 Å². The molecular formula is C24H32ClN5O2. The minimum absolute atomic E-state index is 0.137. The van der Waals surface area contributed by atoms with Gasteiger partial charge in [0.15, 0.2) is 5.06 Å². The fourth-order valence-corrected chi connectivity index (χ4v) is 5.72. The number of likely N-dealkylation sites (N-methyl/N-ethyl adjacent to an activating group) is 1. The molecule has 7 nitrogen and oxygen atoms in total. The van der Waals surface area contributed by atoms with E-state index in [0.717, 1.165) is 74.8 Å². The van der Waals surface area contributed by atoms with Crippen molar-refractivity contribution in [2.24, 2.45) is 5.92 Å². The number of piperazine rings is 1. The summed E-state index contributed by atoms with van der Waals surface area (Å²) >= 11 is 6.80. The summed E-state index contributed by atoms with van der Waals surface area (Å²) in [4.78, 5) is 17.4. The van der Waals surface area contributed by atoms with Crippen LogP contribution in [0.3, 0.4) is 0 Å². The van der Waals surface area contributed by atoms with Crippen molar-refractivity contribution < 1.29 is 9.53 Å². The Morgan fingerprint density at radius 1 is 1.06 bits per heavy atom. The lowest BCUT2D eigenvalue weighted by Gasteiger charge is -2.36. The van der Waals surface area contributed by atoms with Gasteiger partial charge < -0.3 is 14.5 Å². The highest BCUT2D eigenvalue weighted by Gasteiger charge is 2.38. The van der Waals surface area contributed by atoms with E-state index in [-0.39, 0.29) is 5.92 Å².